The van der Waals surface area contributed by atoms with Crippen LogP contribution in [-0.4, -0.2) is 41.1 Å². The van der Waals surface area contributed by atoms with Gasteiger partial charge in [-0.25, -0.2) is 0 Å². The van der Waals surface area contributed by atoms with Crippen LogP contribution in [0.3, 0.4) is 0 Å². The van der Waals surface area contributed by atoms with E-state index in [0.717, 1.165) is 17.3 Å². The molecule has 0 bridgehead atoms. The fourth-order valence-electron chi connectivity index (χ4n) is 1.91. The molecule has 0 heterocycles. The van der Waals surface area contributed by atoms with Gasteiger partial charge in [0.25, 0.3) is 0 Å². The van der Waals surface area contributed by atoms with E-state index in [1.54, 1.807) is 0 Å². The number of ether oxygens (including phenoxy) is 1. The highest BCUT2D eigenvalue weighted by Crippen LogP contribution is 2.27. The Morgan fingerprint density at radius 2 is 2.15 bits per heavy atom. The average Bonchev–Trinajstić information content (AvgIpc) is 3.20. The molecule has 5 nitrogen and oxygen atoms in total. The van der Waals surface area contributed by atoms with Crippen molar-refractivity contribution in [2.75, 3.05) is 13.2 Å². The monoisotopic (exact) mass is 341 g/mol. The fraction of sp³-hybridized carbons (Fsp3) is 0.429. The Labute approximate surface area is 125 Å². The number of nitrogens with zero attached hydrogens (tertiary/aromatic N) is 1. The first kappa shape index (κ1) is 14.8. The van der Waals surface area contributed by atoms with E-state index in [0.29, 0.717) is 5.75 Å². The summed E-state index contributed by atoms with van der Waals surface area (Å²) in [6.45, 7) is 0.0263. The van der Waals surface area contributed by atoms with Gasteiger partial charge < -0.3 is 14.7 Å². The predicted molar refractivity (Wildman–Crippen MR) is 76.6 cm³/mol. The lowest BCUT2D eigenvalue weighted by Gasteiger charge is -2.20. The van der Waals surface area contributed by atoms with Crippen molar-refractivity contribution in [1.29, 1.82) is 0 Å². The van der Waals surface area contributed by atoms with Crippen LogP contribution in [0.15, 0.2) is 28.7 Å². The van der Waals surface area contributed by atoms with E-state index in [9.17, 15) is 9.59 Å². The minimum atomic E-state index is -0.974. The summed E-state index contributed by atoms with van der Waals surface area (Å²) in [5.41, 5.74) is 0. The quantitative estimate of drug-likeness (QED) is 0.826. The summed E-state index contributed by atoms with van der Waals surface area (Å²) in [6, 6.07) is 7.47. The van der Waals surface area contributed by atoms with Gasteiger partial charge in [0.15, 0.2) is 0 Å². The minimum Gasteiger partial charge on any atom is -0.493 e. The third kappa shape index (κ3) is 4.52. The number of amides is 1. The number of carboxylic acids is 1. The molecule has 1 aromatic rings. The lowest BCUT2D eigenvalue weighted by atomic mass is 10.3. The number of hydrogen-bond donors (Lipinski definition) is 1. The lowest BCUT2D eigenvalue weighted by molar-refractivity contribution is -0.145. The standard InChI is InChI=1S/C14H16BrNO4/c15-10-2-1-3-12(8-10)20-7-6-13(17)16(9-14(18)19)11-4-5-11/h1-3,8,11H,4-7,9H2,(H,18,19). The molecule has 0 aliphatic heterocycles. The molecule has 0 unspecified atom stereocenters. The number of carbonyl (C=O) groups excluding carboxylic acids is 1. The molecule has 1 amide bonds. The van der Waals surface area contributed by atoms with Gasteiger partial charge in [0.05, 0.1) is 13.0 Å². The largest absolute Gasteiger partial charge is 0.493 e. The molecule has 0 spiro atoms. The van der Waals surface area contributed by atoms with Gasteiger partial charge in [-0.15, -0.1) is 0 Å². The van der Waals surface area contributed by atoms with E-state index in [1.807, 2.05) is 24.3 Å². The molecule has 0 atom stereocenters. The number of benzene rings is 1. The van der Waals surface area contributed by atoms with E-state index < -0.39 is 5.97 Å². The first-order chi connectivity index (χ1) is 9.56. The Hall–Kier alpha value is -1.56. The van der Waals surface area contributed by atoms with Gasteiger partial charge >= 0.3 is 5.97 Å². The van der Waals surface area contributed by atoms with Crippen molar-refractivity contribution in [3.05, 3.63) is 28.7 Å². The second kappa shape index (κ2) is 6.74. The van der Waals surface area contributed by atoms with Crippen LogP contribution >= 0.6 is 15.9 Å². The van der Waals surface area contributed by atoms with Gasteiger partial charge in [-0.2, -0.15) is 0 Å². The van der Waals surface area contributed by atoms with E-state index in [1.165, 1.54) is 4.90 Å². The minimum absolute atomic E-state index is 0.101. The number of carbonyl (C=O) groups is 2. The summed E-state index contributed by atoms with van der Waals surface area (Å²) in [5.74, 6) is -0.452. The first-order valence-electron chi connectivity index (χ1n) is 6.46. The Balaban J connectivity index is 1.80. The molecule has 108 valence electrons. The molecule has 1 aromatic carbocycles. The van der Waals surface area contributed by atoms with Gasteiger partial charge in [0.1, 0.15) is 12.3 Å². The molecule has 6 heteroatoms. The number of halogens is 1. The Bertz CT molecular complexity index is 502. The topological polar surface area (TPSA) is 66.8 Å². The van der Waals surface area contributed by atoms with Crippen LogP contribution in [0.4, 0.5) is 0 Å². The molecule has 0 aromatic heterocycles. The molecule has 1 aliphatic carbocycles. The van der Waals surface area contributed by atoms with E-state index in [4.69, 9.17) is 9.84 Å². The van der Waals surface area contributed by atoms with Crippen molar-refractivity contribution in [2.45, 2.75) is 25.3 Å². The molecule has 1 saturated carbocycles. The van der Waals surface area contributed by atoms with Crippen LogP contribution in [0.1, 0.15) is 19.3 Å². The zero-order chi connectivity index (χ0) is 14.5. The van der Waals surface area contributed by atoms with Crippen molar-refractivity contribution >= 4 is 27.8 Å². The smallest absolute Gasteiger partial charge is 0.323 e. The van der Waals surface area contributed by atoms with Crippen molar-refractivity contribution in [1.82, 2.24) is 4.90 Å². The summed E-state index contributed by atoms with van der Waals surface area (Å²) < 4.78 is 6.40. The van der Waals surface area contributed by atoms with Crippen molar-refractivity contribution in [3.8, 4) is 5.75 Å². The molecular weight excluding hydrogens is 326 g/mol. The molecule has 1 N–H and O–H groups in total. The Morgan fingerprint density at radius 1 is 1.40 bits per heavy atom. The van der Waals surface area contributed by atoms with E-state index in [-0.39, 0.29) is 31.5 Å². The highest BCUT2D eigenvalue weighted by Gasteiger charge is 2.33. The fourth-order valence-corrected chi connectivity index (χ4v) is 2.29. The predicted octanol–water partition coefficient (Wildman–Crippen LogP) is 2.29. The second-order valence-electron chi connectivity index (χ2n) is 4.70. The lowest BCUT2D eigenvalue weighted by Crippen LogP contribution is -2.38. The molecule has 20 heavy (non-hydrogen) atoms. The van der Waals surface area contributed by atoms with Gasteiger partial charge in [-0.1, -0.05) is 22.0 Å². The average molecular weight is 342 g/mol. The summed E-state index contributed by atoms with van der Waals surface area (Å²) in [6.07, 6.45) is 1.98. The summed E-state index contributed by atoms with van der Waals surface area (Å²) in [5, 5.41) is 8.81. The zero-order valence-corrected chi connectivity index (χ0v) is 12.5. The first-order valence-corrected chi connectivity index (χ1v) is 7.25. The van der Waals surface area contributed by atoms with Gasteiger partial charge in [0, 0.05) is 10.5 Å². The van der Waals surface area contributed by atoms with Gasteiger partial charge in [-0.3, -0.25) is 9.59 Å². The SMILES string of the molecule is O=C(O)CN(C(=O)CCOc1cccc(Br)c1)C1CC1. The maximum absolute atomic E-state index is 12.0. The van der Waals surface area contributed by atoms with E-state index >= 15 is 0 Å². The van der Waals surface area contributed by atoms with Crippen LogP contribution in [-0.2, 0) is 9.59 Å². The molecule has 1 fully saturated rings. The highest BCUT2D eigenvalue weighted by molar-refractivity contribution is 9.10. The number of rotatable bonds is 7. The van der Waals surface area contributed by atoms with Crippen LogP contribution in [0.2, 0.25) is 0 Å². The molecule has 1 aliphatic rings. The summed E-state index contributed by atoms with van der Waals surface area (Å²) >= 11 is 3.34. The van der Waals surface area contributed by atoms with Crippen LogP contribution in [0, 0.1) is 0 Å². The highest BCUT2D eigenvalue weighted by atomic mass is 79.9. The van der Waals surface area contributed by atoms with Gasteiger partial charge in [-0.05, 0) is 31.0 Å². The Morgan fingerprint density at radius 3 is 2.75 bits per heavy atom. The molecule has 0 saturated heterocycles. The number of carboxylic acid groups (broad SMARTS) is 1. The van der Waals surface area contributed by atoms with Crippen molar-refractivity contribution in [2.24, 2.45) is 0 Å². The molecular formula is C14H16BrNO4. The maximum Gasteiger partial charge on any atom is 0.323 e. The van der Waals surface area contributed by atoms with Crippen molar-refractivity contribution in [3.63, 3.8) is 0 Å². The maximum atomic E-state index is 12.0. The summed E-state index contributed by atoms with van der Waals surface area (Å²) in [4.78, 5) is 24.2. The molecule has 0 radical (unpaired) electrons. The third-order valence-corrected chi connectivity index (χ3v) is 3.49. The van der Waals surface area contributed by atoms with Crippen LogP contribution in [0.5, 0.6) is 5.75 Å². The van der Waals surface area contributed by atoms with E-state index in [2.05, 4.69) is 15.9 Å². The normalized spacial score (nSPS) is 13.8. The third-order valence-electron chi connectivity index (χ3n) is 2.99. The Kier molecular flexibility index (Phi) is 5.00. The van der Waals surface area contributed by atoms with Gasteiger partial charge in [0.2, 0.25) is 5.91 Å². The molecule has 2 rings (SSSR count). The zero-order valence-electron chi connectivity index (χ0n) is 10.9. The van der Waals surface area contributed by atoms with Crippen LogP contribution in [0.25, 0.3) is 0 Å². The van der Waals surface area contributed by atoms with Crippen molar-refractivity contribution < 1.29 is 19.4 Å². The summed E-state index contributed by atoms with van der Waals surface area (Å²) in [7, 11) is 0. The van der Waals surface area contributed by atoms with Crippen LogP contribution < -0.4 is 4.74 Å². The number of hydrogen-bond acceptors (Lipinski definition) is 3. The second-order valence-corrected chi connectivity index (χ2v) is 5.62. The number of aliphatic carboxylic acids is 1.